The van der Waals surface area contributed by atoms with Crippen molar-refractivity contribution in [2.45, 2.75) is 13.3 Å². The fourth-order valence-corrected chi connectivity index (χ4v) is 3.40. The average Bonchev–Trinajstić information content (AvgIpc) is 3.21. The number of ether oxygens (including phenoxy) is 1. The predicted octanol–water partition coefficient (Wildman–Crippen LogP) is 4.29. The molecule has 3 aromatic rings. The Morgan fingerprint density at radius 2 is 2.12 bits per heavy atom. The van der Waals surface area contributed by atoms with Crippen molar-refractivity contribution in [2.24, 2.45) is 0 Å². The number of anilines is 1. The van der Waals surface area contributed by atoms with Crippen LogP contribution in [0.3, 0.4) is 0 Å². The van der Waals surface area contributed by atoms with Crippen LogP contribution in [0.1, 0.15) is 12.7 Å². The molecule has 0 saturated carbocycles. The maximum atomic E-state index is 11.9. The van der Waals surface area contributed by atoms with Gasteiger partial charge in [-0.15, -0.1) is 11.3 Å². The molecule has 0 aliphatic heterocycles. The van der Waals surface area contributed by atoms with E-state index in [-0.39, 0.29) is 12.4 Å². The number of oxazole rings is 1. The van der Waals surface area contributed by atoms with Crippen LogP contribution in [0.2, 0.25) is 4.34 Å². The van der Waals surface area contributed by atoms with Crippen molar-refractivity contribution in [2.75, 3.05) is 25.6 Å². The molecular weight excluding hydrogens is 374 g/mol. The molecule has 0 fully saturated rings. The molecule has 26 heavy (non-hydrogen) atoms. The summed E-state index contributed by atoms with van der Waals surface area (Å²) in [7, 11) is 3.84. The first kappa shape index (κ1) is 18.4. The number of halogens is 1. The van der Waals surface area contributed by atoms with E-state index in [2.05, 4.69) is 9.97 Å². The van der Waals surface area contributed by atoms with Crippen LogP contribution in [0.4, 0.5) is 5.82 Å². The molecule has 6 nitrogen and oxygen atoms in total. The maximum absolute atomic E-state index is 11.9. The minimum atomic E-state index is -0.361. The van der Waals surface area contributed by atoms with Gasteiger partial charge in [0.25, 0.3) is 0 Å². The number of thiophene rings is 1. The molecule has 0 saturated heterocycles. The topological polar surface area (TPSA) is 68.5 Å². The van der Waals surface area contributed by atoms with Crippen LogP contribution in [-0.4, -0.2) is 36.6 Å². The zero-order valence-corrected chi connectivity index (χ0v) is 16.2. The minimum absolute atomic E-state index is 0.00883. The summed E-state index contributed by atoms with van der Waals surface area (Å²) in [5, 5.41) is 0. The largest absolute Gasteiger partial charge is 0.466 e. The van der Waals surface area contributed by atoms with Crippen LogP contribution in [0.15, 0.2) is 34.9 Å². The number of aromatic nitrogens is 2. The van der Waals surface area contributed by atoms with Crippen molar-refractivity contribution in [3.8, 4) is 22.0 Å². The molecule has 0 atom stereocenters. The van der Waals surface area contributed by atoms with E-state index >= 15 is 0 Å². The molecule has 0 aliphatic carbocycles. The molecule has 136 valence electrons. The third-order valence-electron chi connectivity index (χ3n) is 3.57. The van der Waals surface area contributed by atoms with Gasteiger partial charge in [0.15, 0.2) is 0 Å². The fourth-order valence-electron chi connectivity index (χ4n) is 2.35. The van der Waals surface area contributed by atoms with Crippen LogP contribution in [0.5, 0.6) is 0 Å². The normalized spacial score (nSPS) is 10.8. The van der Waals surface area contributed by atoms with Crippen LogP contribution in [0, 0.1) is 0 Å². The van der Waals surface area contributed by atoms with Crippen molar-refractivity contribution in [1.29, 1.82) is 0 Å². The monoisotopic (exact) mass is 391 g/mol. The Kier molecular flexibility index (Phi) is 5.58. The molecule has 0 N–H and O–H groups in total. The van der Waals surface area contributed by atoms with Gasteiger partial charge in [-0.05, 0) is 31.2 Å². The molecule has 0 amide bonds. The minimum Gasteiger partial charge on any atom is -0.466 e. The van der Waals surface area contributed by atoms with E-state index in [4.69, 9.17) is 20.8 Å². The Hall–Kier alpha value is -2.38. The second kappa shape index (κ2) is 7.88. The van der Waals surface area contributed by atoms with E-state index in [1.54, 1.807) is 19.2 Å². The quantitative estimate of drug-likeness (QED) is 0.584. The third-order valence-corrected chi connectivity index (χ3v) is 4.81. The van der Waals surface area contributed by atoms with E-state index in [0.29, 0.717) is 28.3 Å². The standard InChI is InChI=1S/C18H18ClN3O3S/c1-4-24-16(23)9-12-17(13-6-7-14(19)26-13)21-18(25-12)11-5-8-15(20-10-11)22(2)3/h5-8,10H,4,9H2,1-3H3. The second-order valence-electron chi connectivity index (χ2n) is 5.68. The van der Waals surface area contributed by atoms with Crippen LogP contribution < -0.4 is 4.90 Å². The summed E-state index contributed by atoms with van der Waals surface area (Å²) in [6.45, 7) is 2.08. The molecule has 0 radical (unpaired) electrons. The zero-order chi connectivity index (χ0) is 18.7. The fraction of sp³-hybridized carbons (Fsp3) is 0.278. The molecule has 3 heterocycles. The van der Waals surface area contributed by atoms with Gasteiger partial charge < -0.3 is 14.1 Å². The van der Waals surface area contributed by atoms with Gasteiger partial charge >= 0.3 is 5.97 Å². The summed E-state index contributed by atoms with van der Waals surface area (Å²) in [6.07, 6.45) is 1.70. The number of hydrogen-bond donors (Lipinski definition) is 0. The van der Waals surface area contributed by atoms with E-state index in [0.717, 1.165) is 16.3 Å². The zero-order valence-electron chi connectivity index (χ0n) is 14.7. The molecule has 0 spiro atoms. The lowest BCUT2D eigenvalue weighted by atomic mass is 10.2. The number of hydrogen-bond acceptors (Lipinski definition) is 7. The first-order chi connectivity index (χ1) is 12.5. The Morgan fingerprint density at radius 3 is 2.69 bits per heavy atom. The van der Waals surface area contributed by atoms with Gasteiger partial charge in [0.2, 0.25) is 5.89 Å². The highest BCUT2D eigenvalue weighted by atomic mass is 35.5. The first-order valence-corrected chi connectivity index (χ1v) is 9.22. The highest BCUT2D eigenvalue weighted by molar-refractivity contribution is 7.19. The van der Waals surface area contributed by atoms with Gasteiger partial charge in [-0.1, -0.05) is 11.6 Å². The van der Waals surface area contributed by atoms with Gasteiger partial charge in [-0.25, -0.2) is 9.97 Å². The molecule has 8 heteroatoms. The van der Waals surface area contributed by atoms with Gasteiger partial charge in [0, 0.05) is 20.3 Å². The summed E-state index contributed by atoms with van der Waals surface area (Å²) >= 11 is 7.42. The summed E-state index contributed by atoms with van der Waals surface area (Å²) in [5.74, 6) is 1.33. The summed E-state index contributed by atoms with van der Waals surface area (Å²) in [5.41, 5.74) is 1.33. The Morgan fingerprint density at radius 1 is 1.31 bits per heavy atom. The smallest absolute Gasteiger partial charge is 0.313 e. The molecule has 3 rings (SSSR count). The number of carbonyl (C=O) groups is 1. The molecule has 0 bridgehead atoms. The number of pyridine rings is 1. The van der Waals surface area contributed by atoms with E-state index in [1.165, 1.54) is 11.3 Å². The summed E-state index contributed by atoms with van der Waals surface area (Å²) in [6, 6.07) is 7.41. The molecule has 0 aliphatic rings. The summed E-state index contributed by atoms with van der Waals surface area (Å²) < 4.78 is 11.6. The Labute approximate surface area is 160 Å². The lowest BCUT2D eigenvalue weighted by Gasteiger charge is -2.10. The number of rotatable bonds is 6. The van der Waals surface area contributed by atoms with Crippen LogP contribution in [-0.2, 0) is 16.0 Å². The van der Waals surface area contributed by atoms with Crippen molar-refractivity contribution >= 4 is 34.7 Å². The van der Waals surface area contributed by atoms with Crippen molar-refractivity contribution < 1.29 is 13.9 Å². The summed E-state index contributed by atoms with van der Waals surface area (Å²) in [4.78, 5) is 23.6. The highest BCUT2D eigenvalue weighted by Gasteiger charge is 2.21. The SMILES string of the molecule is CCOC(=O)Cc1oc(-c2ccc(N(C)C)nc2)nc1-c1ccc(Cl)s1. The maximum Gasteiger partial charge on any atom is 0.313 e. The van der Waals surface area contributed by atoms with Crippen molar-refractivity contribution in [3.05, 3.63) is 40.6 Å². The molecular formula is C18H18ClN3O3S. The predicted molar refractivity (Wildman–Crippen MR) is 103 cm³/mol. The van der Waals surface area contributed by atoms with Crippen molar-refractivity contribution in [3.63, 3.8) is 0 Å². The number of carbonyl (C=O) groups excluding carboxylic acids is 1. The van der Waals surface area contributed by atoms with E-state index in [1.807, 2.05) is 37.2 Å². The average molecular weight is 392 g/mol. The Bertz CT molecular complexity index is 903. The van der Waals surface area contributed by atoms with Crippen LogP contribution in [0.25, 0.3) is 22.0 Å². The van der Waals surface area contributed by atoms with Gasteiger partial charge in [-0.3, -0.25) is 4.79 Å². The van der Waals surface area contributed by atoms with Gasteiger partial charge in [-0.2, -0.15) is 0 Å². The Balaban J connectivity index is 1.98. The highest BCUT2D eigenvalue weighted by Crippen LogP contribution is 2.35. The third kappa shape index (κ3) is 4.05. The lowest BCUT2D eigenvalue weighted by Crippen LogP contribution is -2.09. The molecule has 0 unspecified atom stereocenters. The number of nitrogens with zero attached hydrogens (tertiary/aromatic N) is 3. The second-order valence-corrected chi connectivity index (χ2v) is 7.39. The van der Waals surface area contributed by atoms with Crippen LogP contribution >= 0.6 is 22.9 Å². The first-order valence-electron chi connectivity index (χ1n) is 8.02. The van der Waals surface area contributed by atoms with Gasteiger partial charge in [0.1, 0.15) is 23.7 Å². The molecule has 3 aromatic heterocycles. The van der Waals surface area contributed by atoms with Gasteiger partial charge in [0.05, 0.1) is 21.4 Å². The van der Waals surface area contributed by atoms with E-state index < -0.39 is 0 Å². The number of esters is 1. The van der Waals surface area contributed by atoms with Crippen molar-refractivity contribution in [1.82, 2.24) is 9.97 Å². The lowest BCUT2D eigenvalue weighted by molar-refractivity contribution is -0.142. The molecule has 0 aromatic carbocycles. The van der Waals surface area contributed by atoms with E-state index in [9.17, 15) is 4.79 Å².